The van der Waals surface area contributed by atoms with Gasteiger partial charge >= 0.3 is 0 Å². The van der Waals surface area contributed by atoms with Gasteiger partial charge in [0.2, 0.25) is 0 Å². The van der Waals surface area contributed by atoms with Gasteiger partial charge in [0.1, 0.15) is 0 Å². The first-order valence-corrected chi connectivity index (χ1v) is 21.1. The highest BCUT2D eigenvalue weighted by atomic mass is 16.5. The molecule has 0 saturated heterocycles. The lowest BCUT2D eigenvalue weighted by Crippen LogP contribution is -2.22. The molecule has 0 bridgehead atoms. The van der Waals surface area contributed by atoms with Crippen molar-refractivity contribution < 1.29 is 9.47 Å². The molecule has 0 unspecified atom stereocenters. The van der Waals surface area contributed by atoms with Crippen LogP contribution in [0.4, 0.5) is 0 Å². The maximum Gasteiger partial charge on any atom is 0.0808 e. The van der Waals surface area contributed by atoms with Crippen molar-refractivity contribution in [3.63, 3.8) is 0 Å². The lowest BCUT2D eigenvalue weighted by molar-refractivity contribution is -0.0238. The average molecular weight is 672 g/mol. The Balaban J connectivity index is 3.84. The Morgan fingerprint density at radius 1 is 0.438 bits per heavy atom. The number of hydrogen-bond acceptors (Lipinski definition) is 3. The lowest BCUT2D eigenvalue weighted by atomic mass is 10.0. The SMILES string of the molecule is CCCCC/C=C\C/C=C\CCCCCCCCCC[C@@H](COCCCN(C)C)OCCCCCCCC/C=C\C/C=C\CCCCC. The van der Waals surface area contributed by atoms with Crippen molar-refractivity contribution in [2.45, 2.75) is 200 Å². The van der Waals surface area contributed by atoms with Crippen LogP contribution < -0.4 is 0 Å². The summed E-state index contributed by atoms with van der Waals surface area (Å²) in [5, 5.41) is 0. The summed E-state index contributed by atoms with van der Waals surface area (Å²) in [4.78, 5) is 2.23. The maximum absolute atomic E-state index is 6.36. The van der Waals surface area contributed by atoms with Crippen molar-refractivity contribution in [3.8, 4) is 0 Å². The highest BCUT2D eigenvalue weighted by molar-refractivity contribution is 4.93. The molecule has 282 valence electrons. The van der Waals surface area contributed by atoms with Gasteiger partial charge in [0.15, 0.2) is 0 Å². The fourth-order valence-electron chi connectivity index (χ4n) is 5.97. The first kappa shape index (κ1) is 46.8. The topological polar surface area (TPSA) is 21.7 Å². The van der Waals surface area contributed by atoms with Crippen molar-refractivity contribution in [1.82, 2.24) is 4.90 Å². The van der Waals surface area contributed by atoms with Crippen LogP contribution in [0.3, 0.4) is 0 Å². The molecule has 3 heteroatoms. The van der Waals surface area contributed by atoms with Crippen LogP contribution in [0.5, 0.6) is 0 Å². The van der Waals surface area contributed by atoms with Crippen molar-refractivity contribution >= 4 is 0 Å². The molecule has 0 N–H and O–H groups in total. The fourth-order valence-corrected chi connectivity index (χ4v) is 5.97. The van der Waals surface area contributed by atoms with Gasteiger partial charge in [0, 0.05) is 13.2 Å². The zero-order valence-corrected chi connectivity index (χ0v) is 33.1. The van der Waals surface area contributed by atoms with Gasteiger partial charge in [0.05, 0.1) is 12.7 Å². The summed E-state index contributed by atoms with van der Waals surface area (Å²) in [5.74, 6) is 0. The maximum atomic E-state index is 6.36. The Morgan fingerprint density at radius 2 is 0.854 bits per heavy atom. The van der Waals surface area contributed by atoms with Crippen LogP contribution in [0.2, 0.25) is 0 Å². The number of unbranched alkanes of at least 4 members (excludes halogenated alkanes) is 20. The monoisotopic (exact) mass is 672 g/mol. The quantitative estimate of drug-likeness (QED) is 0.0479. The summed E-state index contributed by atoms with van der Waals surface area (Å²) in [7, 11) is 4.26. The predicted octanol–water partition coefficient (Wildman–Crippen LogP) is 14.1. The first-order chi connectivity index (χ1) is 23.7. The molecule has 0 heterocycles. The second-order valence-electron chi connectivity index (χ2n) is 14.4. The summed E-state index contributed by atoms with van der Waals surface area (Å²) >= 11 is 0. The van der Waals surface area contributed by atoms with E-state index >= 15 is 0 Å². The largest absolute Gasteiger partial charge is 0.379 e. The molecule has 3 nitrogen and oxygen atoms in total. The van der Waals surface area contributed by atoms with Crippen molar-refractivity contribution in [1.29, 1.82) is 0 Å². The molecule has 0 amide bonds. The van der Waals surface area contributed by atoms with Crippen molar-refractivity contribution in [2.75, 3.05) is 40.5 Å². The minimum atomic E-state index is 0.270. The Bertz CT molecular complexity index is 710. The average Bonchev–Trinajstić information content (AvgIpc) is 3.08. The molecule has 0 aliphatic rings. The van der Waals surface area contributed by atoms with E-state index in [0.29, 0.717) is 0 Å². The van der Waals surface area contributed by atoms with Crippen LogP contribution in [0.15, 0.2) is 48.6 Å². The fraction of sp³-hybridized carbons (Fsp3) is 0.822. The van der Waals surface area contributed by atoms with Gasteiger partial charge in [0.25, 0.3) is 0 Å². The summed E-state index contributed by atoms with van der Waals surface area (Å²) in [6, 6.07) is 0. The van der Waals surface area contributed by atoms with Gasteiger partial charge in [-0.05, 0) is 104 Å². The molecule has 48 heavy (non-hydrogen) atoms. The van der Waals surface area contributed by atoms with Crippen molar-refractivity contribution in [2.24, 2.45) is 0 Å². The van der Waals surface area contributed by atoms with Gasteiger partial charge in [-0.25, -0.2) is 0 Å². The van der Waals surface area contributed by atoms with Crippen LogP contribution in [-0.2, 0) is 9.47 Å². The highest BCUT2D eigenvalue weighted by Crippen LogP contribution is 2.15. The third-order valence-electron chi connectivity index (χ3n) is 9.12. The molecule has 0 aliphatic carbocycles. The van der Waals surface area contributed by atoms with E-state index in [1.165, 1.54) is 154 Å². The molecule has 0 radical (unpaired) electrons. The van der Waals surface area contributed by atoms with Crippen LogP contribution in [0, 0.1) is 0 Å². The van der Waals surface area contributed by atoms with E-state index in [9.17, 15) is 0 Å². The second kappa shape index (κ2) is 42.0. The molecule has 0 fully saturated rings. The minimum Gasteiger partial charge on any atom is -0.379 e. The molecular formula is C45H85NO2. The molecule has 0 aromatic heterocycles. The van der Waals surface area contributed by atoms with Crippen LogP contribution in [-0.4, -0.2) is 51.5 Å². The highest BCUT2D eigenvalue weighted by Gasteiger charge is 2.10. The third-order valence-corrected chi connectivity index (χ3v) is 9.12. The zero-order chi connectivity index (χ0) is 34.9. The number of hydrogen-bond donors (Lipinski definition) is 0. The van der Waals surface area contributed by atoms with Crippen LogP contribution in [0.25, 0.3) is 0 Å². The van der Waals surface area contributed by atoms with E-state index < -0.39 is 0 Å². The van der Waals surface area contributed by atoms with E-state index in [-0.39, 0.29) is 6.10 Å². The predicted molar refractivity (Wildman–Crippen MR) is 216 cm³/mol. The molecule has 0 aliphatic heterocycles. The molecule has 0 aromatic carbocycles. The standard InChI is InChI=1S/C45H85NO2/c1-5-7-9-11-13-15-17-19-21-23-24-25-27-29-31-33-35-37-40-45(44-47-42-39-41-46(3)4)48-43-38-36-34-32-30-28-26-22-20-18-16-14-12-10-8-6-2/h13-16,19-22,45H,5-12,17-18,23-44H2,1-4H3/b15-13-,16-14-,21-19-,22-20-/t45-/m0/s1. The van der Waals surface area contributed by atoms with Crippen LogP contribution >= 0.6 is 0 Å². The normalized spacial score (nSPS) is 13.1. The van der Waals surface area contributed by atoms with Crippen LogP contribution in [0.1, 0.15) is 194 Å². The number of allylic oxidation sites excluding steroid dienone is 8. The van der Waals surface area contributed by atoms with Gasteiger partial charge in [-0.1, -0.05) is 159 Å². The van der Waals surface area contributed by atoms with E-state index in [1.807, 2.05) is 0 Å². The molecular weight excluding hydrogens is 587 g/mol. The molecule has 0 rings (SSSR count). The Kier molecular flexibility index (Phi) is 41.0. The Hall–Kier alpha value is -1.16. The van der Waals surface area contributed by atoms with E-state index in [0.717, 1.165) is 52.0 Å². The Morgan fingerprint density at radius 3 is 1.31 bits per heavy atom. The second-order valence-corrected chi connectivity index (χ2v) is 14.4. The summed E-state index contributed by atoms with van der Waals surface area (Å²) in [6.45, 7) is 8.13. The summed E-state index contributed by atoms with van der Waals surface area (Å²) in [6.07, 6.45) is 55.3. The first-order valence-electron chi connectivity index (χ1n) is 21.1. The van der Waals surface area contributed by atoms with Gasteiger partial charge in [-0.3, -0.25) is 0 Å². The van der Waals surface area contributed by atoms with E-state index in [4.69, 9.17) is 9.47 Å². The Labute approximate surface area is 302 Å². The summed E-state index contributed by atoms with van der Waals surface area (Å²) in [5.41, 5.74) is 0. The zero-order valence-electron chi connectivity index (χ0n) is 33.1. The van der Waals surface area contributed by atoms with Crippen molar-refractivity contribution in [3.05, 3.63) is 48.6 Å². The number of nitrogens with zero attached hydrogens (tertiary/aromatic N) is 1. The van der Waals surface area contributed by atoms with Gasteiger partial charge < -0.3 is 14.4 Å². The molecule has 0 aromatic rings. The smallest absolute Gasteiger partial charge is 0.0808 e. The molecule has 0 spiro atoms. The summed E-state index contributed by atoms with van der Waals surface area (Å²) < 4.78 is 12.4. The van der Waals surface area contributed by atoms with Gasteiger partial charge in [-0.2, -0.15) is 0 Å². The number of rotatable bonds is 39. The van der Waals surface area contributed by atoms with E-state index in [2.05, 4.69) is 81.5 Å². The molecule has 0 saturated carbocycles. The number of ether oxygens (including phenoxy) is 2. The lowest BCUT2D eigenvalue weighted by Gasteiger charge is -2.19. The minimum absolute atomic E-state index is 0.270. The van der Waals surface area contributed by atoms with E-state index in [1.54, 1.807) is 0 Å². The van der Waals surface area contributed by atoms with Gasteiger partial charge in [-0.15, -0.1) is 0 Å². The molecule has 1 atom stereocenters. The third kappa shape index (κ3) is 41.0.